The fourth-order valence-corrected chi connectivity index (χ4v) is 1.99. The minimum Gasteiger partial charge on any atom is -0.327 e. The molecule has 0 aliphatic carbocycles. The minimum atomic E-state index is -3.72. The summed E-state index contributed by atoms with van der Waals surface area (Å²) in [4.78, 5) is 17.0. The van der Waals surface area contributed by atoms with Gasteiger partial charge in [0.25, 0.3) is 5.91 Å². The molecule has 0 aromatic carbocycles. The Morgan fingerprint density at radius 1 is 1.45 bits per heavy atom. The first kappa shape index (κ1) is 15.9. The molecular weight excluding hydrogens is 294 g/mol. The highest BCUT2D eigenvalue weighted by Gasteiger charge is 2.47. The largest absolute Gasteiger partial charge is 0.366 e. The number of aryl methyl sites for hydroxylation is 1. The number of carbonyl (C=O) groups is 1. The van der Waals surface area contributed by atoms with Crippen LogP contribution >= 0.6 is 0 Å². The van der Waals surface area contributed by atoms with Crippen molar-refractivity contribution in [1.29, 1.82) is 0 Å². The molecule has 0 spiro atoms. The number of hydrogen-bond acceptors (Lipinski definition) is 5. The van der Waals surface area contributed by atoms with Crippen LogP contribution in [-0.4, -0.2) is 42.5 Å². The number of tetrazole rings is 1. The summed E-state index contributed by atoms with van der Waals surface area (Å²) >= 11 is 0. The Hall–Kier alpha value is -2.45. The van der Waals surface area contributed by atoms with E-state index in [1.165, 1.54) is 19.2 Å². The van der Waals surface area contributed by atoms with E-state index >= 15 is 0 Å². The van der Waals surface area contributed by atoms with Gasteiger partial charge >= 0.3 is 5.92 Å². The molecule has 0 fully saturated rings. The number of nitrogens with zero attached hydrogens (tertiary/aromatic N) is 5. The highest BCUT2D eigenvalue weighted by Crippen LogP contribution is 2.31. The lowest BCUT2D eigenvalue weighted by Gasteiger charge is -2.29. The first-order chi connectivity index (χ1) is 10.3. The van der Waals surface area contributed by atoms with Gasteiger partial charge in [0.05, 0.1) is 6.54 Å². The van der Waals surface area contributed by atoms with Crippen LogP contribution in [-0.2, 0) is 17.3 Å². The molecule has 9 heteroatoms. The third-order valence-electron chi connectivity index (χ3n) is 3.16. The number of nitrogens with one attached hydrogen (secondary N) is 1. The second kappa shape index (κ2) is 6.12. The molecule has 0 saturated heterocycles. The molecule has 2 aromatic rings. The first-order valence-electron chi connectivity index (χ1n) is 6.67. The molecule has 0 atom stereocenters. The van der Waals surface area contributed by atoms with Gasteiger partial charge in [0.15, 0.2) is 5.82 Å². The molecule has 0 bridgehead atoms. The summed E-state index contributed by atoms with van der Waals surface area (Å²) < 4.78 is 29.1. The van der Waals surface area contributed by atoms with Crippen LogP contribution < -0.4 is 0 Å². The number of aromatic nitrogens is 5. The van der Waals surface area contributed by atoms with Gasteiger partial charge in [-0.2, -0.15) is 14.0 Å². The zero-order valence-electron chi connectivity index (χ0n) is 12.4. The normalized spacial score (nSPS) is 11.7. The molecule has 2 aromatic heterocycles. The molecule has 0 radical (unpaired) electrons. The van der Waals surface area contributed by atoms with Gasteiger partial charge in [-0.3, -0.25) is 9.78 Å². The number of alkyl halides is 2. The standard InChI is InChI=1S/C13H16F2N6O/c1-8(2)21(7-10-17-19-20-18-10)12(22)13(14,15)11-9(3)5-4-6-16-11/h4-6,8H,7H2,1-3H3,(H,17,18,19,20). The Bertz CT molecular complexity index is 644. The van der Waals surface area contributed by atoms with Gasteiger partial charge in [0.1, 0.15) is 5.69 Å². The second-order valence-electron chi connectivity index (χ2n) is 5.10. The Morgan fingerprint density at radius 3 is 2.73 bits per heavy atom. The van der Waals surface area contributed by atoms with Crippen molar-refractivity contribution in [2.45, 2.75) is 39.3 Å². The summed E-state index contributed by atoms with van der Waals surface area (Å²) in [5.74, 6) is -4.90. The van der Waals surface area contributed by atoms with Crippen LogP contribution in [0.4, 0.5) is 8.78 Å². The molecule has 0 aliphatic heterocycles. The van der Waals surface area contributed by atoms with E-state index in [4.69, 9.17) is 0 Å². The van der Waals surface area contributed by atoms with Crippen molar-refractivity contribution >= 4 is 5.91 Å². The molecule has 0 saturated carbocycles. The zero-order valence-corrected chi connectivity index (χ0v) is 12.4. The fraction of sp³-hybridized carbons (Fsp3) is 0.462. The van der Waals surface area contributed by atoms with Crippen molar-refractivity contribution < 1.29 is 13.6 Å². The van der Waals surface area contributed by atoms with Gasteiger partial charge in [-0.05, 0) is 32.4 Å². The van der Waals surface area contributed by atoms with Crippen LogP contribution in [0, 0.1) is 6.92 Å². The van der Waals surface area contributed by atoms with Crippen LogP contribution in [0.15, 0.2) is 18.3 Å². The molecule has 2 heterocycles. The minimum absolute atomic E-state index is 0.158. The molecule has 0 aliphatic rings. The Morgan fingerprint density at radius 2 is 2.18 bits per heavy atom. The smallest absolute Gasteiger partial charge is 0.327 e. The van der Waals surface area contributed by atoms with Gasteiger partial charge < -0.3 is 4.90 Å². The lowest BCUT2D eigenvalue weighted by molar-refractivity contribution is -0.162. The lowest BCUT2D eigenvalue weighted by atomic mass is 10.1. The SMILES string of the molecule is Cc1cccnc1C(F)(F)C(=O)N(Cc1nn[nH]n1)C(C)C. The van der Waals surface area contributed by atoms with Crippen LogP contribution in [0.2, 0.25) is 0 Å². The molecule has 118 valence electrons. The number of aromatic amines is 1. The van der Waals surface area contributed by atoms with E-state index < -0.39 is 23.6 Å². The summed E-state index contributed by atoms with van der Waals surface area (Å²) in [5.41, 5.74) is -0.289. The third-order valence-corrected chi connectivity index (χ3v) is 3.16. The van der Waals surface area contributed by atoms with Crippen molar-refractivity contribution in [1.82, 2.24) is 30.5 Å². The van der Waals surface area contributed by atoms with Crippen molar-refractivity contribution in [3.05, 3.63) is 35.4 Å². The third kappa shape index (κ3) is 3.07. The maximum Gasteiger partial charge on any atom is 0.366 e. The van der Waals surface area contributed by atoms with E-state index in [2.05, 4.69) is 25.6 Å². The van der Waals surface area contributed by atoms with Crippen LogP contribution in [0.5, 0.6) is 0 Å². The fourth-order valence-electron chi connectivity index (χ4n) is 1.99. The second-order valence-corrected chi connectivity index (χ2v) is 5.10. The summed E-state index contributed by atoms with van der Waals surface area (Å²) in [7, 11) is 0. The monoisotopic (exact) mass is 310 g/mol. The molecule has 2 rings (SSSR count). The molecule has 7 nitrogen and oxygen atoms in total. The Labute approximate surface area is 125 Å². The van der Waals surface area contributed by atoms with Crippen LogP contribution in [0.25, 0.3) is 0 Å². The summed E-state index contributed by atoms with van der Waals surface area (Å²) in [6.45, 7) is 4.61. The van der Waals surface area contributed by atoms with Crippen molar-refractivity contribution in [2.75, 3.05) is 0 Å². The van der Waals surface area contributed by atoms with Gasteiger partial charge in [0.2, 0.25) is 0 Å². The van der Waals surface area contributed by atoms with Crippen molar-refractivity contribution in [3.8, 4) is 0 Å². The quantitative estimate of drug-likeness (QED) is 0.902. The maximum absolute atomic E-state index is 14.5. The number of H-pyrrole nitrogens is 1. The van der Waals surface area contributed by atoms with Gasteiger partial charge in [-0.1, -0.05) is 11.3 Å². The number of halogens is 2. The van der Waals surface area contributed by atoms with E-state index in [0.717, 1.165) is 4.90 Å². The zero-order chi connectivity index (χ0) is 16.3. The highest BCUT2D eigenvalue weighted by molar-refractivity contribution is 5.84. The molecular formula is C13H16F2N6O. The van der Waals surface area contributed by atoms with Crippen molar-refractivity contribution in [3.63, 3.8) is 0 Å². The predicted octanol–water partition coefficient (Wildman–Crippen LogP) is 1.43. The summed E-state index contributed by atoms with van der Waals surface area (Å²) in [6, 6.07) is 2.57. The van der Waals surface area contributed by atoms with E-state index in [1.807, 2.05) is 0 Å². The van der Waals surface area contributed by atoms with E-state index in [0.29, 0.717) is 0 Å². The molecule has 1 N–H and O–H groups in total. The molecule has 1 amide bonds. The first-order valence-corrected chi connectivity index (χ1v) is 6.67. The Balaban J connectivity index is 2.31. The van der Waals surface area contributed by atoms with Crippen LogP contribution in [0.3, 0.4) is 0 Å². The average Bonchev–Trinajstić information content (AvgIpc) is 2.97. The molecule has 22 heavy (non-hydrogen) atoms. The van der Waals surface area contributed by atoms with Gasteiger partial charge in [-0.15, -0.1) is 10.2 Å². The van der Waals surface area contributed by atoms with Gasteiger partial charge in [0, 0.05) is 12.2 Å². The van der Waals surface area contributed by atoms with E-state index in [9.17, 15) is 13.6 Å². The Kier molecular flexibility index (Phi) is 4.43. The van der Waals surface area contributed by atoms with E-state index in [1.54, 1.807) is 19.9 Å². The number of rotatable bonds is 5. The number of hydrogen-bond donors (Lipinski definition) is 1. The maximum atomic E-state index is 14.5. The topological polar surface area (TPSA) is 87.7 Å². The lowest BCUT2D eigenvalue weighted by Crippen LogP contribution is -2.45. The summed E-state index contributed by atoms with van der Waals surface area (Å²) in [5, 5.41) is 13.0. The predicted molar refractivity (Wildman–Crippen MR) is 72.7 cm³/mol. The van der Waals surface area contributed by atoms with Crippen LogP contribution in [0.1, 0.15) is 30.9 Å². The number of amides is 1. The average molecular weight is 310 g/mol. The number of carbonyl (C=O) groups excluding carboxylic acids is 1. The molecule has 0 unspecified atom stereocenters. The highest BCUT2D eigenvalue weighted by atomic mass is 19.3. The summed E-state index contributed by atoms with van der Waals surface area (Å²) in [6.07, 6.45) is 1.24. The van der Waals surface area contributed by atoms with Gasteiger partial charge in [-0.25, -0.2) is 0 Å². The number of pyridine rings is 1. The van der Waals surface area contributed by atoms with Crippen molar-refractivity contribution in [2.24, 2.45) is 0 Å². The van der Waals surface area contributed by atoms with E-state index in [-0.39, 0.29) is 17.9 Å².